The molecule has 1 N–H and O–H groups in total. The fourth-order valence-electron chi connectivity index (χ4n) is 5.36. The number of aryl methyl sites for hydroxylation is 2. The van der Waals surface area contributed by atoms with Crippen LogP contribution in [0.25, 0.3) is 0 Å². The molecule has 2 aliphatic carbocycles. The van der Waals surface area contributed by atoms with Gasteiger partial charge in [-0.1, -0.05) is 44.9 Å². The van der Waals surface area contributed by atoms with E-state index < -0.39 is 0 Å². The van der Waals surface area contributed by atoms with E-state index in [2.05, 4.69) is 37.9 Å². The van der Waals surface area contributed by atoms with Crippen LogP contribution in [0.15, 0.2) is 24.3 Å². The average Bonchev–Trinajstić information content (AvgIpc) is 2.86. The molecule has 0 amide bonds. The lowest BCUT2D eigenvalue weighted by Gasteiger charge is -2.38. The Morgan fingerprint density at radius 1 is 1.17 bits per heavy atom. The molecule has 1 aromatic carbocycles. The average molecular weight is 309 g/mol. The Kier molecular flexibility index (Phi) is 3.99. The lowest BCUT2D eigenvalue weighted by Crippen LogP contribution is -2.37. The van der Waals surface area contributed by atoms with Gasteiger partial charge in [-0.15, -0.1) is 0 Å². The van der Waals surface area contributed by atoms with Crippen LogP contribution < -0.4 is 5.32 Å². The number of hydrogen-bond acceptors (Lipinski definition) is 1. The minimum absolute atomic E-state index is 0.642. The van der Waals surface area contributed by atoms with Gasteiger partial charge in [0, 0.05) is 17.6 Å². The summed E-state index contributed by atoms with van der Waals surface area (Å²) in [5.41, 5.74) is 7.84. The smallest absolute Gasteiger partial charge is 0.0384 e. The molecule has 0 bridgehead atoms. The topological polar surface area (TPSA) is 12.0 Å². The van der Waals surface area contributed by atoms with Crippen molar-refractivity contribution in [3.05, 3.63) is 41.0 Å². The van der Waals surface area contributed by atoms with Gasteiger partial charge in [-0.2, -0.15) is 0 Å². The lowest BCUT2D eigenvalue weighted by molar-refractivity contribution is 0.261. The van der Waals surface area contributed by atoms with Crippen molar-refractivity contribution in [2.24, 2.45) is 11.8 Å². The number of rotatable bonds is 4. The number of hydrogen-bond donors (Lipinski definition) is 1. The molecule has 1 heteroatoms. The zero-order chi connectivity index (χ0) is 16.0. The molecule has 1 saturated carbocycles. The third-order valence-corrected chi connectivity index (χ3v) is 6.66. The number of nitrogens with one attached hydrogen (secondary N) is 1. The molecular formula is C22H31N. The highest BCUT2D eigenvalue weighted by Crippen LogP contribution is 2.54. The van der Waals surface area contributed by atoms with Crippen molar-refractivity contribution in [3.8, 4) is 0 Å². The zero-order valence-corrected chi connectivity index (χ0v) is 14.8. The van der Waals surface area contributed by atoms with Gasteiger partial charge in [0.05, 0.1) is 0 Å². The van der Waals surface area contributed by atoms with Crippen molar-refractivity contribution < 1.29 is 0 Å². The summed E-state index contributed by atoms with van der Waals surface area (Å²) in [5.74, 6) is 2.20. The van der Waals surface area contributed by atoms with Gasteiger partial charge >= 0.3 is 0 Å². The van der Waals surface area contributed by atoms with Crippen LogP contribution >= 0.6 is 0 Å². The lowest BCUT2D eigenvalue weighted by atomic mass is 9.68. The summed E-state index contributed by atoms with van der Waals surface area (Å²) in [6.45, 7) is 9.21. The summed E-state index contributed by atoms with van der Waals surface area (Å²) < 4.78 is 0. The highest BCUT2D eigenvalue weighted by Gasteiger charge is 2.46. The summed E-state index contributed by atoms with van der Waals surface area (Å²) in [5, 5.41) is 3.94. The van der Waals surface area contributed by atoms with Gasteiger partial charge in [-0.25, -0.2) is 0 Å². The number of allylic oxidation sites excluding steroid dienone is 1. The summed E-state index contributed by atoms with van der Waals surface area (Å²) in [7, 11) is 0. The molecule has 4 unspecified atom stereocenters. The van der Waals surface area contributed by atoms with E-state index in [-0.39, 0.29) is 0 Å². The van der Waals surface area contributed by atoms with Crippen molar-refractivity contribution in [1.29, 1.82) is 0 Å². The predicted molar refractivity (Wildman–Crippen MR) is 99.2 cm³/mol. The second-order valence-corrected chi connectivity index (χ2v) is 8.19. The Labute approximate surface area is 141 Å². The molecular weight excluding hydrogens is 278 g/mol. The van der Waals surface area contributed by atoms with E-state index in [1.807, 2.05) is 0 Å². The molecule has 4 atom stereocenters. The summed E-state index contributed by atoms with van der Waals surface area (Å²) in [6.07, 6.45) is 10.3. The molecule has 23 heavy (non-hydrogen) atoms. The first kappa shape index (κ1) is 15.3. The van der Waals surface area contributed by atoms with Gasteiger partial charge in [0.25, 0.3) is 0 Å². The van der Waals surface area contributed by atoms with Crippen LogP contribution in [0.2, 0.25) is 0 Å². The fraction of sp³-hybridized carbons (Fsp3) is 0.636. The molecule has 0 aromatic heterocycles. The Bertz CT molecular complexity index is 615. The second kappa shape index (κ2) is 6.00. The van der Waals surface area contributed by atoms with E-state index >= 15 is 0 Å². The van der Waals surface area contributed by atoms with Gasteiger partial charge < -0.3 is 5.32 Å². The Morgan fingerprint density at radius 3 is 2.87 bits per heavy atom. The summed E-state index contributed by atoms with van der Waals surface area (Å²) >= 11 is 0. The van der Waals surface area contributed by atoms with Gasteiger partial charge in [0.15, 0.2) is 0 Å². The van der Waals surface area contributed by atoms with Crippen molar-refractivity contribution >= 4 is 5.69 Å². The molecule has 1 aromatic rings. The van der Waals surface area contributed by atoms with Gasteiger partial charge in [-0.3, -0.25) is 0 Å². The van der Waals surface area contributed by atoms with Gasteiger partial charge in [0.1, 0.15) is 0 Å². The van der Waals surface area contributed by atoms with E-state index in [1.165, 1.54) is 62.6 Å². The normalized spacial score (nSPS) is 31.5. The SMILES string of the molecule is C=C1CCc2cc(CCCCC)cc3c2C2C1CCC(C)C2N3. The fourth-order valence-corrected chi connectivity index (χ4v) is 5.36. The molecule has 1 heterocycles. The summed E-state index contributed by atoms with van der Waals surface area (Å²) in [6, 6.07) is 5.65. The molecule has 1 nitrogen and oxygen atoms in total. The van der Waals surface area contributed by atoms with Crippen LogP contribution in [0.1, 0.15) is 75.0 Å². The maximum absolute atomic E-state index is 4.48. The quantitative estimate of drug-likeness (QED) is 0.544. The number of unbranched alkanes of at least 4 members (excludes halogenated alkanes) is 2. The monoisotopic (exact) mass is 309 g/mol. The van der Waals surface area contributed by atoms with Crippen LogP contribution in [-0.4, -0.2) is 6.04 Å². The third kappa shape index (κ3) is 2.53. The highest BCUT2D eigenvalue weighted by molar-refractivity contribution is 5.66. The van der Waals surface area contributed by atoms with Crippen molar-refractivity contribution in [2.45, 2.75) is 77.2 Å². The maximum atomic E-state index is 4.48. The first-order valence-corrected chi connectivity index (χ1v) is 9.79. The molecule has 1 aliphatic heterocycles. The van der Waals surface area contributed by atoms with Crippen molar-refractivity contribution in [1.82, 2.24) is 0 Å². The molecule has 0 spiro atoms. The third-order valence-electron chi connectivity index (χ3n) is 6.66. The Morgan fingerprint density at radius 2 is 2.04 bits per heavy atom. The first-order chi connectivity index (χ1) is 11.2. The highest BCUT2D eigenvalue weighted by atomic mass is 15.0. The van der Waals surface area contributed by atoms with Crippen molar-refractivity contribution in [3.63, 3.8) is 0 Å². The van der Waals surface area contributed by atoms with Crippen LogP contribution in [-0.2, 0) is 12.8 Å². The minimum Gasteiger partial charge on any atom is -0.381 e. The standard InChI is InChI=1S/C22H31N/c1-4-5-6-7-16-12-17-10-8-14(2)18-11-9-15(3)22-21(18)20(17)19(13-16)23-22/h12-13,15,18,21-23H,2,4-11H2,1,3H3. The van der Waals surface area contributed by atoms with Crippen LogP contribution in [0.3, 0.4) is 0 Å². The van der Waals surface area contributed by atoms with E-state index in [1.54, 1.807) is 16.7 Å². The van der Waals surface area contributed by atoms with Crippen LogP contribution in [0.4, 0.5) is 5.69 Å². The molecule has 0 saturated heterocycles. The Hall–Kier alpha value is -1.24. The molecule has 124 valence electrons. The Balaban J connectivity index is 1.72. The zero-order valence-electron chi connectivity index (χ0n) is 14.8. The summed E-state index contributed by atoms with van der Waals surface area (Å²) in [4.78, 5) is 0. The molecule has 3 aliphatic rings. The van der Waals surface area contributed by atoms with E-state index in [9.17, 15) is 0 Å². The van der Waals surface area contributed by atoms with Crippen LogP contribution in [0, 0.1) is 11.8 Å². The number of benzene rings is 1. The van der Waals surface area contributed by atoms with E-state index in [0.717, 1.165) is 11.8 Å². The number of anilines is 1. The van der Waals surface area contributed by atoms with Gasteiger partial charge in [0.2, 0.25) is 0 Å². The minimum atomic E-state index is 0.642. The maximum Gasteiger partial charge on any atom is 0.0384 e. The predicted octanol–water partition coefficient (Wildman–Crippen LogP) is 5.85. The largest absolute Gasteiger partial charge is 0.381 e. The van der Waals surface area contributed by atoms with Crippen molar-refractivity contribution in [2.75, 3.05) is 5.32 Å². The second-order valence-electron chi connectivity index (χ2n) is 8.19. The van der Waals surface area contributed by atoms with E-state index in [4.69, 9.17) is 0 Å². The van der Waals surface area contributed by atoms with Crippen LogP contribution in [0.5, 0.6) is 0 Å². The molecule has 0 radical (unpaired) electrons. The molecule has 4 rings (SSSR count). The van der Waals surface area contributed by atoms with Gasteiger partial charge in [-0.05, 0) is 73.1 Å². The first-order valence-electron chi connectivity index (χ1n) is 9.79. The van der Waals surface area contributed by atoms with E-state index in [0.29, 0.717) is 12.0 Å². The molecule has 1 fully saturated rings.